The van der Waals surface area contributed by atoms with Crippen LogP contribution >= 0.6 is 11.3 Å². The number of rotatable bonds is 8. The van der Waals surface area contributed by atoms with E-state index in [2.05, 4.69) is 0 Å². The fraction of sp³-hybridized carbons (Fsp3) is 0.250. The van der Waals surface area contributed by atoms with E-state index in [4.69, 9.17) is 19.9 Å². The molecule has 0 saturated heterocycles. The van der Waals surface area contributed by atoms with Crippen LogP contribution in [0.15, 0.2) is 35.7 Å². The summed E-state index contributed by atoms with van der Waals surface area (Å²) in [7, 11) is 1.44. The third kappa shape index (κ3) is 5.00. The van der Waals surface area contributed by atoms with Crippen LogP contribution in [0.5, 0.6) is 11.5 Å². The normalized spacial score (nSPS) is 10.1. The second-order valence-corrected chi connectivity index (χ2v) is 5.62. The molecule has 0 spiro atoms. The molecule has 0 fully saturated rings. The molecule has 0 unspecified atom stereocenters. The number of hydrogen-bond acceptors (Lipinski definition) is 6. The molecule has 7 heteroatoms. The topological polar surface area (TPSA) is 87.8 Å². The Balaban J connectivity index is 1.95. The Morgan fingerprint density at radius 3 is 2.70 bits per heavy atom. The van der Waals surface area contributed by atoms with Gasteiger partial charge in [-0.1, -0.05) is 6.07 Å². The molecule has 1 amide bonds. The van der Waals surface area contributed by atoms with Gasteiger partial charge in [0.1, 0.15) is 0 Å². The summed E-state index contributed by atoms with van der Waals surface area (Å²) in [5, 5.41) is 1.98. The molecule has 2 aromatic rings. The van der Waals surface area contributed by atoms with Gasteiger partial charge >= 0.3 is 5.97 Å². The molecule has 23 heavy (non-hydrogen) atoms. The average Bonchev–Trinajstić information content (AvgIpc) is 3.05. The molecule has 0 radical (unpaired) electrons. The molecule has 0 atom stereocenters. The second kappa shape index (κ2) is 8.19. The first-order chi connectivity index (χ1) is 11.1. The van der Waals surface area contributed by atoms with Gasteiger partial charge < -0.3 is 19.9 Å². The largest absolute Gasteiger partial charge is 0.493 e. The summed E-state index contributed by atoms with van der Waals surface area (Å²) < 4.78 is 15.6. The summed E-state index contributed by atoms with van der Waals surface area (Å²) in [4.78, 5) is 23.9. The van der Waals surface area contributed by atoms with E-state index in [1.807, 2.05) is 17.5 Å². The van der Waals surface area contributed by atoms with Gasteiger partial charge in [0.25, 0.3) is 5.91 Å². The SMILES string of the molecule is COc1cc(C(=O)OCCc2cccs2)ccc1OCC(N)=O. The monoisotopic (exact) mass is 335 g/mol. The summed E-state index contributed by atoms with van der Waals surface area (Å²) >= 11 is 1.62. The number of methoxy groups -OCH3 is 1. The van der Waals surface area contributed by atoms with Crippen molar-refractivity contribution in [3.63, 3.8) is 0 Å². The number of esters is 1. The molecule has 0 saturated carbocycles. The van der Waals surface area contributed by atoms with E-state index in [1.54, 1.807) is 17.4 Å². The minimum absolute atomic E-state index is 0.263. The zero-order valence-corrected chi connectivity index (χ0v) is 13.4. The molecule has 2 rings (SSSR count). The van der Waals surface area contributed by atoms with Crippen LogP contribution in [0.4, 0.5) is 0 Å². The number of amides is 1. The molecule has 0 aliphatic carbocycles. The Bertz CT molecular complexity index is 669. The number of thiophene rings is 1. The highest BCUT2D eigenvalue weighted by Gasteiger charge is 2.13. The summed E-state index contributed by atoms with van der Waals surface area (Å²) in [6.07, 6.45) is 0.681. The maximum absolute atomic E-state index is 12.0. The Morgan fingerprint density at radius 1 is 1.22 bits per heavy atom. The molecule has 2 N–H and O–H groups in total. The van der Waals surface area contributed by atoms with Gasteiger partial charge in [-0.25, -0.2) is 4.79 Å². The third-order valence-electron chi connectivity index (χ3n) is 2.93. The zero-order chi connectivity index (χ0) is 16.7. The summed E-state index contributed by atoms with van der Waals surface area (Å²) in [6.45, 7) is 0.0442. The molecular weight excluding hydrogens is 318 g/mol. The molecule has 1 aromatic heterocycles. The van der Waals surface area contributed by atoms with Crippen molar-refractivity contribution in [1.29, 1.82) is 0 Å². The van der Waals surface area contributed by atoms with Crippen LogP contribution in [0.25, 0.3) is 0 Å². The van der Waals surface area contributed by atoms with E-state index < -0.39 is 11.9 Å². The van der Waals surface area contributed by atoms with Crippen LogP contribution in [0.1, 0.15) is 15.2 Å². The quantitative estimate of drug-likeness (QED) is 0.746. The first-order valence-electron chi connectivity index (χ1n) is 6.89. The lowest BCUT2D eigenvalue weighted by Gasteiger charge is -2.11. The van der Waals surface area contributed by atoms with Crippen molar-refractivity contribution in [2.75, 3.05) is 20.3 Å². The first-order valence-corrected chi connectivity index (χ1v) is 7.76. The second-order valence-electron chi connectivity index (χ2n) is 4.59. The van der Waals surface area contributed by atoms with Crippen LogP contribution < -0.4 is 15.2 Å². The van der Waals surface area contributed by atoms with E-state index >= 15 is 0 Å². The minimum atomic E-state index is -0.593. The minimum Gasteiger partial charge on any atom is -0.493 e. The molecule has 1 heterocycles. The molecule has 0 bridgehead atoms. The van der Waals surface area contributed by atoms with Gasteiger partial charge in [-0.15, -0.1) is 11.3 Å². The smallest absolute Gasteiger partial charge is 0.338 e. The maximum Gasteiger partial charge on any atom is 0.338 e. The van der Waals surface area contributed by atoms with Crippen molar-refractivity contribution < 1.29 is 23.8 Å². The molecule has 122 valence electrons. The Labute approximate surface area is 137 Å². The Morgan fingerprint density at radius 2 is 2.04 bits per heavy atom. The lowest BCUT2D eigenvalue weighted by atomic mass is 10.2. The zero-order valence-electron chi connectivity index (χ0n) is 12.6. The van der Waals surface area contributed by atoms with Crippen LogP contribution in [0, 0.1) is 0 Å². The van der Waals surface area contributed by atoms with Gasteiger partial charge in [0.2, 0.25) is 0 Å². The number of primary amides is 1. The van der Waals surface area contributed by atoms with Gasteiger partial charge in [0.05, 0.1) is 19.3 Å². The highest BCUT2D eigenvalue weighted by molar-refractivity contribution is 7.09. The lowest BCUT2D eigenvalue weighted by molar-refractivity contribution is -0.119. The van der Waals surface area contributed by atoms with E-state index in [0.29, 0.717) is 30.1 Å². The average molecular weight is 335 g/mol. The molecule has 0 aliphatic heterocycles. The van der Waals surface area contributed by atoms with Gasteiger partial charge in [-0.3, -0.25) is 4.79 Å². The van der Waals surface area contributed by atoms with Crippen molar-refractivity contribution in [3.05, 3.63) is 46.2 Å². The number of carbonyl (C=O) groups excluding carboxylic acids is 2. The standard InChI is InChI=1S/C16H17NO5S/c1-20-14-9-11(4-5-13(14)22-10-15(17)18)16(19)21-7-6-12-3-2-8-23-12/h2-5,8-9H,6-7,10H2,1H3,(H2,17,18). The van der Waals surface area contributed by atoms with E-state index in [-0.39, 0.29) is 6.61 Å². The predicted octanol–water partition coefficient (Wildman–Crippen LogP) is 2.02. The molecule has 1 aromatic carbocycles. The Hall–Kier alpha value is -2.54. The van der Waals surface area contributed by atoms with Crippen molar-refractivity contribution >= 4 is 23.2 Å². The number of ether oxygens (including phenoxy) is 3. The van der Waals surface area contributed by atoms with Crippen molar-refractivity contribution in [2.24, 2.45) is 5.73 Å². The summed E-state index contributed by atoms with van der Waals surface area (Å²) in [5.74, 6) is -0.370. The van der Waals surface area contributed by atoms with Crippen LogP contribution in [-0.4, -0.2) is 32.2 Å². The van der Waals surface area contributed by atoms with Gasteiger partial charge in [0, 0.05) is 11.3 Å². The maximum atomic E-state index is 12.0. The molecule has 6 nitrogen and oxygen atoms in total. The van der Waals surface area contributed by atoms with E-state index in [0.717, 1.165) is 4.88 Å². The molecule has 0 aliphatic rings. The number of benzene rings is 1. The van der Waals surface area contributed by atoms with Crippen LogP contribution in [-0.2, 0) is 16.0 Å². The van der Waals surface area contributed by atoms with Crippen molar-refractivity contribution in [3.8, 4) is 11.5 Å². The Kier molecular flexibility index (Phi) is 5.99. The van der Waals surface area contributed by atoms with E-state index in [1.165, 1.54) is 19.2 Å². The van der Waals surface area contributed by atoms with E-state index in [9.17, 15) is 9.59 Å². The number of nitrogens with two attached hydrogens (primary N) is 1. The summed E-state index contributed by atoms with van der Waals surface area (Å²) in [5.41, 5.74) is 5.37. The first kappa shape index (κ1) is 16.8. The van der Waals surface area contributed by atoms with Crippen molar-refractivity contribution in [1.82, 2.24) is 0 Å². The van der Waals surface area contributed by atoms with Gasteiger partial charge in [0.15, 0.2) is 18.1 Å². The number of hydrogen-bond donors (Lipinski definition) is 1. The van der Waals surface area contributed by atoms with Gasteiger partial charge in [-0.05, 0) is 29.6 Å². The van der Waals surface area contributed by atoms with Crippen LogP contribution in [0.3, 0.4) is 0 Å². The molecular formula is C16H17NO5S. The lowest BCUT2D eigenvalue weighted by Crippen LogP contribution is -2.20. The number of carbonyl (C=O) groups is 2. The van der Waals surface area contributed by atoms with Gasteiger partial charge in [-0.2, -0.15) is 0 Å². The fourth-order valence-corrected chi connectivity index (χ4v) is 2.54. The fourth-order valence-electron chi connectivity index (χ4n) is 1.85. The van der Waals surface area contributed by atoms with Crippen LogP contribution in [0.2, 0.25) is 0 Å². The third-order valence-corrected chi connectivity index (χ3v) is 3.87. The highest BCUT2D eigenvalue weighted by Crippen LogP contribution is 2.28. The summed E-state index contributed by atoms with van der Waals surface area (Å²) in [6, 6.07) is 8.54. The van der Waals surface area contributed by atoms with Crippen molar-refractivity contribution in [2.45, 2.75) is 6.42 Å². The highest BCUT2D eigenvalue weighted by atomic mass is 32.1. The predicted molar refractivity (Wildman–Crippen MR) is 86.0 cm³/mol.